The van der Waals surface area contributed by atoms with Gasteiger partial charge in [0.15, 0.2) is 27.7 Å². The van der Waals surface area contributed by atoms with Crippen LogP contribution in [0.4, 0.5) is 9.52 Å². The average Bonchev–Trinajstić information content (AvgIpc) is 3.31. The predicted octanol–water partition coefficient (Wildman–Crippen LogP) is 3.70. The number of aryl methyl sites for hydroxylation is 1. The Bertz CT molecular complexity index is 994. The predicted molar refractivity (Wildman–Crippen MR) is 114 cm³/mol. The number of thioether (sulfide) groups is 1. The molecule has 0 aliphatic carbocycles. The number of nitrogens with one attached hydrogen (secondary N) is 1. The van der Waals surface area contributed by atoms with Gasteiger partial charge in [0.25, 0.3) is 0 Å². The molecule has 0 spiro atoms. The summed E-state index contributed by atoms with van der Waals surface area (Å²) < 4.78 is 26.5. The standard InChI is InChI=1S/C19H22FN5O3S2/c1-12-10-29-18(21-12)22-17(26)11-30-19-24-23-16(25(19)13(2)8-27-3)9-28-15-7-5-4-6-14(15)20/h4-7,10,13H,8-9,11H2,1-3H3,(H,21,22,26). The molecule has 1 unspecified atom stereocenters. The third-order valence-corrected chi connectivity index (χ3v) is 5.79. The van der Waals surface area contributed by atoms with Crippen LogP contribution >= 0.6 is 23.1 Å². The molecule has 8 nitrogen and oxygen atoms in total. The van der Waals surface area contributed by atoms with Gasteiger partial charge in [0.1, 0.15) is 6.61 Å². The molecular formula is C19H22FN5O3S2. The second kappa shape index (κ2) is 10.5. The summed E-state index contributed by atoms with van der Waals surface area (Å²) in [6.07, 6.45) is 0. The van der Waals surface area contributed by atoms with E-state index >= 15 is 0 Å². The maximum absolute atomic E-state index is 13.8. The summed E-state index contributed by atoms with van der Waals surface area (Å²) in [5.41, 5.74) is 0.857. The van der Waals surface area contributed by atoms with Crippen molar-refractivity contribution in [2.75, 3.05) is 24.8 Å². The first-order valence-corrected chi connectivity index (χ1v) is 11.0. The Hall–Kier alpha value is -2.50. The Morgan fingerprint density at radius 1 is 1.37 bits per heavy atom. The summed E-state index contributed by atoms with van der Waals surface area (Å²) in [6, 6.07) is 6.07. The van der Waals surface area contributed by atoms with E-state index in [1.807, 2.05) is 23.8 Å². The summed E-state index contributed by atoms with van der Waals surface area (Å²) in [4.78, 5) is 16.5. The lowest BCUT2D eigenvalue weighted by Gasteiger charge is -2.17. The summed E-state index contributed by atoms with van der Waals surface area (Å²) in [5, 5.41) is 14.1. The van der Waals surface area contributed by atoms with E-state index in [1.54, 1.807) is 25.3 Å². The van der Waals surface area contributed by atoms with Crippen molar-refractivity contribution in [1.82, 2.24) is 19.7 Å². The lowest BCUT2D eigenvalue weighted by molar-refractivity contribution is -0.113. The van der Waals surface area contributed by atoms with Gasteiger partial charge in [-0.15, -0.1) is 21.5 Å². The molecule has 0 aliphatic rings. The molecule has 2 heterocycles. The molecule has 11 heteroatoms. The number of para-hydroxylation sites is 1. The highest BCUT2D eigenvalue weighted by Gasteiger charge is 2.20. The number of methoxy groups -OCH3 is 1. The van der Waals surface area contributed by atoms with Crippen molar-refractivity contribution in [2.24, 2.45) is 0 Å². The molecule has 0 fully saturated rings. The zero-order valence-electron chi connectivity index (χ0n) is 16.8. The van der Waals surface area contributed by atoms with Gasteiger partial charge < -0.3 is 14.8 Å². The highest BCUT2D eigenvalue weighted by Crippen LogP contribution is 2.24. The van der Waals surface area contributed by atoms with Crippen molar-refractivity contribution in [3.8, 4) is 5.75 Å². The summed E-state index contributed by atoms with van der Waals surface area (Å²) >= 11 is 2.62. The van der Waals surface area contributed by atoms with E-state index in [4.69, 9.17) is 9.47 Å². The highest BCUT2D eigenvalue weighted by atomic mass is 32.2. The molecule has 3 rings (SSSR count). The molecule has 2 aromatic heterocycles. The SMILES string of the molecule is COCC(C)n1c(COc2ccccc2F)nnc1SCC(=O)Nc1nc(C)cs1. The van der Waals surface area contributed by atoms with Crippen molar-refractivity contribution < 1.29 is 18.7 Å². The van der Waals surface area contributed by atoms with Crippen molar-refractivity contribution in [1.29, 1.82) is 0 Å². The topological polar surface area (TPSA) is 91.2 Å². The van der Waals surface area contributed by atoms with Crippen molar-refractivity contribution in [3.63, 3.8) is 0 Å². The third-order valence-electron chi connectivity index (χ3n) is 3.97. The van der Waals surface area contributed by atoms with Crippen LogP contribution in [0.15, 0.2) is 34.8 Å². The Labute approximate surface area is 181 Å². The Balaban J connectivity index is 1.68. The van der Waals surface area contributed by atoms with Crippen LogP contribution in [-0.2, 0) is 16.1 Å². The quantitative estimate of drug-likeness (QED) is 0.470. The molecule has 0 aliphatic heterocycles. The lowest BCUT2D eigenvalue weighted by atomic mass is 10.3. The van der Waals surface area contributed by atoms with Crippen molar-refractivity contribution >= 4 is 34.1 Å². The number of carbonyl (C=O) groups is 1. The van der Waals surface area contributed by atoms with Gasteiger partial charge in [0, 0.05) is 12.5 Å². The molecule has 1 aromatic carbocycles. The molecular weight excluding hydrogens is 429 g/mol. The van der Waals surface area contributed by atoms with Gasteiger partial charge >= 0.3 is 0 Å². The van der Waals surface area contributed by atoms with Gasteiger partial charge in [0.05, 0.1) is 24.1 Å². The van der Waals surface area contributed by atoms with E-state index in [2.05, 4.69) is 20.5 Å². The van der Waals surface area contributed by atoms with Gasteiger partial charge in [-0.2, -0.15) is 0 Å². The van der Waals surface area contributed by atoms with Gasteiger partial charge in [-0.05, 0) is 26.0 Å². The van der Waals surface area contributed by atoms with Crippen LogP contribution in [0.25, 0.3) is 0 Å². The number of hydrogen-bond acceptors (Lipinski definition) is 8. The molecule has 0 radical (unpaired) electrons. The second-order valence-electron chi connectivity index (χ2n) is 6.42. The first kappa shape index (κ1) is 22.2. The van der Waals surface area contributed by atoms with Gasteiger partial charge in [0.2, 0.25) is 5.91 Å². The smallest absolute Gasteiger partial charge is 0.236 e. The summed E-state index contributed by atoms with van der Waals surface area (Å²) in [5.74, 6) is 0.162. The maximum atomic E-state index is 13.8. The third kappa shape index (κ3) is 5.77. The second-order valence-corrected chi connectivity index (χ2v) is 8.22. The van der Waals surface area contributed by atoms with E-state index in [1.165, 1.54) is 29.2 Å². The Kier molecular flexibility index (Phi) is 7.77. The van der Waals surface area contributed by atoms with Crippen LogP contribution < -0.4 is 10.1 Å². The first-order chi connectivity index (χ1) is 14.5. The summed E-state index contributed by atoms with van der Waals surface area (Å²) in [7, 11) is 1.60. The molecule has 1 N–H and O–H groups in total. The minimum Gasteiger partial charge on any atom is -0.483 e. The van der Waals surface area contributed by atoms with Gasteiger partial charge in [-0.25, -0.2) is 9.37 Å². The lowest BCUT2D eigenvalue weighted by Crippen LogP contribution is -2.18. The first-order valence-electron chi connectivity index (χ1n) is 9.12. The average molecular weight is 452 g/mol. The number of nitrogens with zero attached hydrogens (tertiary/aromatic N) is 4. The van der Waals surface area contributed by atoms with E-state index in [-0.39, 0.29) is 30.1 Å². The fraction of sp³-hybridized carbons (Fsp3) is 0.368. The largest absolute Gasteiger partial charge is 0.483 e. The molecule has 0 saturated heterocycles. The van der Waals surface area contributed by atoms with Crippen LogP contribution in [0.5, 0.6) is 5.75 Å². The van der Waals surface area contributed by atoms with E-state index in [9.17, 15) is 9.18 Å². The number of aromatic nitrogens is 4. The minimum atomic E-state index is -0.447. The monoisotopic (exact) mass is 451 g/mol. The van der Waals surface area contributed by atoms with Crippen LogP contribution in [0.1, 0.15) is 24.5 Å². The number of amides is 1. The summed E-state index contributed by atoms with van der Waals surface area (Å²) in [6.45, 7) is 4.27. The molecule has 160 valence electrons. The number of ether oxygens (including phenoxy) is 2. The fourth-order valence-corrected chi connectivity index (χ4v) is 4.22. The highest BCUT2D eigenvalue weighted by molar-refractivity contribution is 7.99. The van der Waals surface area contributed by atoms with Crippen LogP contribution in [0.2, 0.25) is 0 Å². The Morgan fingerprint density at radius 3 is 2.87 bits per heavy atom. The van der Waals surface area contributed by atoms with Gasteiger partial charge in [-0.3, -0.25) is 9.36 Å². The zero-order chi connectivity index (χ0) is 21.5. The molecule has 0 saturated carbocycles. The van der Waals surface area contributed by atoms with E-state index in [0.717, 1.165) is 5.69 Å². The number of halogens is 1. The number of hydrogen-bond donors (Lipinski definition) is 1. The zero-order valence-corrected chi connectivity index (χ0v) is 18.4. The van der Waals surface area contributed by atoms with Gasteiger partial charge in [-0.1, -0.05) is 23.9 Å². The number of benzene rings is 1. The normalized spacial score (nSPS) is 12.0. The number of anilines is 1. The van der Waals surface area contributed by atoms with E-state index < -0.39 is 5.82 Å². The van der Waals surface area contributed by atoms with Crippen LogP contribution in [0, 0.1) is 12.7 Å². The van der Waals surface area contributed by atoms with Crippen LogP contribution in [-0.4, -0.2) is 45.1 Å². The maximum Gasteiger partial charge on any atom is 0.236 e. The molecule has 0 bridgehead atoms. The number of rotatable bonds is 10. The molecule has 3 aromatic rings. The van der Waals surface area contributed by atoms with Crippen molar-refractivity contribution in [3.05, 3.63) is 47.0 Å². The molecule has 30 heavy (non-hydrogen) atoms. The number of thiazole rings is 1. The number of carbonyl (C=O) groups excluding carboxylic acids is 1. The molecule has 1 atom stereocenters. The minimum absolute atomic E-state index is 0.0349. The van der Waals surface area contributed by atoms with Crippen LogP contribution in [0.3, 0.4) is 0 Å². The Morgan fingerprint density at radius 2 is 2.17 bits per heavy atom. The van der Waals surface area contributed by atoms with E-state index in [0.29, 0.717) is 22.7 Å². The fourth-order valence-electron chi connectivity index (χ4n) is 2.66. The van der Waals surface area contributed by atoms with Crippen molar-refractivity contribution in [2.45, 2.75) is 31.7 Å². The molecule has 1 amide bonds.